The first-order valence-electron chi connectivity index (χ1n) is 6.59. The zero-order valence-electron chi connectivity index (χ0n) is 11.7. The number of benzene rings is 1. The Balaban J connectivity index is 1.88. The predicted octanol–water partition coefficient (Wildman–Crippen LogP) is 2.06. The van der Waals surface area contributed by atoms with Gasteiger partial charge in [-0.25, -0.2) is 4.79 Å². The molecule has 5 heteroatoms. The van der Waals surface area contributed by atoms with E-state index in [-0.39, 0.29) is 17.2 Å². The summed E-state index contributed by atoms with van der Waals surface area (Å²) in [6.45, 7) is 2.53. The normalized spacial score (nSPS) is 10.1. The van der Waals surface area contributed by atoms with E-state index in [2.05, 4.69) is 16.4 Å². The molecule has 0 atom stereocenters. The van der Waals surface area contributed by atoms with Gasteiger partial charge in [0.1, 0.15) is 5.69 Å². The van der Waals surface area contributed by atoms with Crippen LogP contribution in [0.1, 0.15) is 32.0 Å². The van der Waals surface area contributed by atoms with Crippen LogP contribution in [-0.2, 0) is 6.42 Å². The third-order valence-electron chi connectivity index (χ3n) is 3.02. The van der Waals surface area contributed by atoms with Gasteiger partial charge in [0.15, 0.2) is 0 Å². The summed E-state index contributed by atoms with van der Waals surface area (Å²) in [4.78, 5) is 26.4. The SMILES string of the molecule is Cc1cccc(CCNC(=O)c2ccc(C(=O)O)cn2)c1. The minimum Gasteiger partial charge on any atom is -0.478 e. The van der Waals surface area contributed by atoms with E-state index in [9.17, 15) is 9.59 Å². The molecule has 0 saturated heterocycles. The predicted molar refractivity (Wildman–Crippen MR) is 78.4 cm³/mol. The van der Waals surface area contributed by atoms with Gasteiger partial charge in [-0.2, -0.15) is 0 Å². The third-order valence-corrected chi connectivity index (χ3v) is 3.02. The van der Waals surface area contributed by atoms with E-state index < -0.39 is 5.97 Å². The van der Waals surface area contributed by atoms with Crippen molar-refractivity contribution in [1.29, 1.82) is 0 Å². The summed E-state index contributed by atoms with van der Waals surface area (Å²) in [7, 11) is 0. The quantitative estimate of drug-likeness (QED) is 0.880. The molecule has 2 N–H and O–H groups in total. The molecule has 1 amide bonds. The number of hydrogen-bond donors (Lipinski definition) is 2. The Morgan fingerprint density at radius 2 is 2.05 bits per heavy atom. The second kappa shape index (κ2) is 6.65. The molecule has 0 aliphatic rings. The first-order chi connectivity index (χ1) is 10.1. The van der Waals surface area contributed by atoms with Crippen molar-refractivity contribution in [2.75, 3.05) is 6.54 Å². The minimum atomic E-state index is -1.06. The number of pyridine rings is 1. The number of rotatable bonds is 5. The van der Waals surface area contributed by atoms with E-state index >= 15 is 0 Å². The summed E-state index contributed by atoms with van der Waals surface area (Å²) in [5.41, 5.74) is 2.62. The number of nitrogens with one attached hydrogen (secondary N) is 1. The van der Waals surface area contributed by atoms with Crippen molar-refractivity contribution in [3.05, 3.63) is 65.0 Å². The molecule has 0 aliphatic heterocycles. The van der Waals surface area contributed by atoms with Gasteiger partial charge >= 0.3 is 5.97 Å². The number of hydrogen-bond acceptors (Lipinski definition) is 3. The second-order valence-electron chi connectivity index (χ2n) is 4.73. The molecular formula is C16H16N2O3. The summed E-state index contributed by atoms with van der Waals surface area (Å²) in [6.07, 6.45) is 1.92. The van der Waals surface area contributed by atoms with E-state index in [4.69, 9.17) is 5.11 Å². The number of carboxylic acid groups (broad SMARTS) is 1. The van der Waals surface area contributed by atoms with Gasteiger partial charge < -0.3 is 10.4 Å². The summed E-state index contributed by atoms with van der Waals surface area (Å²) < 4.78 is 0. The number of carbonyl (C=O) groups excluding carboxylic acids is 1. The van der Waals surface area contributed by atoms with Crippen LogP contribution in [0.2, 0.25) is 0 Å². The first kappa shape index (κ1) is 14.7. The molecule has 0 aliphatic carbocycles. The number of nitrogens with zero attached hydrogens (tertiary/aromatic N) is 1. The molecule has 0 bridgehead atoms. The van der Waals surface area contributed by atoms with E-state index in [0.717, 1.165) is 12.0 Å². The van der Waals surface area contributed by atoms with Gasteiger partial charge in [-0.15, -0.1) is 0 Å². The summed E-state index contributed by atoms with van der Waals surface area (Å²) >= 11 is 0. The van der Waals surface area contributed by atoms with Crippen molar-refractivity contribution in [1.82, 2.24) is 10.3 Å². The van der Waals surface area contributed by atoms with E-state index in [1.807, 2.05) is 25.1 Å². The van der Waals surface area contributed by atoms with E-state index in [1.165, 1.54) is 23.9 Å². The van der Waals surface area contributed by atoms with Gasteiger partial charge in [-0.1, -0.05) is 29.8 Å². The van der Waals surface area contributed by atoms with Gasteiger partial charge in [0.25, 0.3) is 5.91 Å². The Kier molecular flexibility index (Phi) is 4.66. The number of carboxylic acids is 1. The van der Waals surface area contributed by atoms with Crippen molar-refractivity contribution in [3.8, 4) is 0 Å². The monoisotopic (exact) mass is 284 g/mol. The minimum absolute atomic E-state index is 0.0614. The Labute approximate surface area is 122 Å². The lowest BCUT2D eigenvalue weighted by Crippen LogP contribution is -2.26. The van der Waals surface area contributed by atoms with Crippen LogP contribution >= 0.6 is 0 Å². The highest BCUT2D eigenvalue weighted by atomic mass is 16.4. The van der Waals surface area contributed by atoms with E-state index in [1.54, 1.807) is 0 Å². The summed E-state index contributed by atoms with van der Waals surface area (Å²) in [5.74, 6) is -1.37. The van der Waals surface area contributed by atoms with Crippen molar-refractivity contribution in [2.24, 2.45) is 0 Å². The number of amides is 1. The van der Waals surface area contributed by atoms with Gasteiger partial charge in [-0.3, -0.25) is 9.78 Å². The molecule has 0 unspecified atom stereocenters. The maximum absolute atomic E-state index is 11.9. The van der Waals surface area contributed by atoms with Gasteiger partial charge in [0, 0.05) is 12.7 Å². The molecular weight excluding hydrogens is 268 g/mol. The molecule has 1 aromatic carbocycles. The molecule has 5 nitrogen and oxygen atoms in total. The molecule has 0 saturated carbocycles. The third kappa shape index (κ3) is 4.14. The Morgan fingerprint density at radius 3 is 2.67 bits per heavy atom. The van der Waals surface area contributed by atoms with Crippen LogP contribution in [-0.4, -0.2) is 28.5 Å². The van der Waals surface area contributed by atoms with Crippen LogP contribution in [0.4, 0.5) is 0 Å². The fourth-order valence-electron chi connectivity index (χ4n) is 1.93. The summed E-state index contributed by atoms with van der Waals surface area (Å²) in [5, 5.41) is 11.5. The van der Waals surface area contributed by atoms with Crippen molar-refractivity contribution in [3.63, 3.8) is 0 Å². The molecule has 21 heavy (non-hydrogen) atoms. The largest absolute Gasteiger partial charge is 0.478 e. The zero-order chi connectivity index (χ0) is 15.2. The Morgan fingerprint density at radius 1 is 1.24 bits per heavy atom. The van der Waals surface area contributed by atoms with Crippen molar-refractivity contribution in [2.45, 2.75) is 13.3 Å². The number of aromatic carboxylic acids is 1. The number of carbonyl (C=O) groups is 2. The fourth-order valence-corrected chi connectivity index (χ4v) is 1.93. The smallest absolute Gasteiger partial charge is 0.337 e. The van der Waals surface area contributed by atoms with Gasteiger partial charge in [0.05, 0.1) is 5.56 Å². The van der Waals surface area contributed by atoms with Crippen LogP contribution in [0.15, 0.2) is 42.6 Å². The Hall–Kier alpha value is -2.69. The van der Waals surface area contributed by atoms with Gasteiger partial charge in [0.2, 0.25) is 0 Å². The maximum Gasteiger partial charge on any atom is 0.337 e. The lowest BCUT2D eigenvalue weighted by Gasteiger charge is -2.06. The highest BCUT2D eigenvalue weighted by Crippen LogP contribution is 2.04. The van der Waals surface area contributed by atoms with Crippen molar-refractivity contribution < 1.29 is 14.7 Å². The lowest BCUT2D eigenvalue weighted by molar-refractivity contribution is 0.0695. The highest BCUT2D eigenvalue weighted by Gasteiger charge is 2.08. The van der Waals surface area contributed by atoms with E-state index in [0.29, 0.717) is 6.54 Å². The molecule has 2 rings (SSSR count). The van der Waals surface area contributed by atoms with Crippen molar-refractivity contribution >= 4 is 11.9 Å². The van der Waals surface area contributed by atoms with Crippen LogP contribution in [0.25, 0.3) is 0 Å². The zero-order valence-corrected chi connectivity index (χ0v) is 11.7. The number of aryl methyl sites for hydroxylation is 1. The topological polar surface area (TPSA) is 79.3 Å². The second-order valence-corrected chi connectivity index (χ2v) is 4.73. The summed E-state index contributed by atoms with van der Waals surface area (Å²) in [6, 6.07) is 10.9. The molecule has 1 aromatic heterocycles. The maximum atomic E-state index is 11.9. The molecule has 0 fully saturated rings. The molecule has 2 aromatic rings. The number of aromatic nitrogens is 1. The molecule has 1 heterocycles. The van der Waals surface area contributed by atoms with Crippen LogP contribution < -0.4 is 5.32 Å². The highest BCUT2D eigenvalue weighted by molar-refractivity contribution is 5.93. The molecule has 0 radical (unpaired) electrons. The van der Waals surface area contributed by atoms with Gasteiger partial charge in [-0.05, 0) is 31.0 Å². The van der Waals surface area contributed by atoms with Crippen LogP contribution in [0.5, 0.6) is 0 Å². The lowest BCUT2D eigenvalue weighted by atomic mass is 10.1. The average Bonchev–Trinajstić information content (AvgIpc) is 2.47. The standard InChI is InChI=1S/C16H16N2O3/c1-11-3-2-4-12(9-11)7-8-17-15(19)14-6-5-13(10-18-14)16(20)21/h2-6,9-10H,7-8H2,1H3,(H,17,19)(H,20,21). The molecule has 0 spiro atoms. The average molecular weight is 284 g/mol. The Bertz CT molecular complexity index is 651. The molecule has 108 valence electrons. The fraction of sp³-hybridized carbons (Fsp3) is 0.188. The van der Waals surface area contributed by atoms with Crippen LogP contribution in [0, 0.1) is 6.92 Å². The van der Waals surface area contributed by atoms with Crippen LogP contribution in [0.3, 0.4) is 0 Å². The first-order valence-corrected chi connectivity index (χ1v) is 6.59.